The van der Waals surface area contributed by atoms with Gasteiger partial charge in [-0.1, -0.05) is 158 Å². The summed E-state index contributed by atoms with van der Waals surface area (Å²) in [6.45, 7) is 2.16. The second-order valence-corrected chi connectivity index (χ2v) is 16.8. The highest BCUT2D eigenvalue weighted by atomic mass is 15.4. The van der Waals surface area contributed by atoms with Crippen LogP contribution in [0.4, 0.5) is 0 Å². The number of allylic oxidation sites excluding steroid dienone is 8. The van der Waals surface area contributed by atoms with Gasteiger partial charge in [0.1, 0.15) is 5.84 Å². The minimum atomic E-state index is 0.225. The molecule has 3 aliphatic carbocycles. The third kappa shape index (κ3) is 6.76. The average molecular weight is 802 g/mol. The van der Waals surface area contributed by atoms with Gasteiger partial charge in [0.15, 0.2) is 5.84 Å². The van der Waals surface area contributed by atoms with E-state index in [-0.39, 0.29) is 11.8 Å². The summed E-state index contributed by atoms with van der Waals surface area (Å²) in [5.41, 5.74) is 19.0. The van der Waals surface area contributed by atoms with Gasteiger partial charge >= 0.3 is 0 Å². The van der Waals surface area contributed by atoms with Gasteiger partial charge in [-0.15, -0.1) is 0 Å². The van der Waals surface area contributed by atoms with E-state index in [2.05, 4.69) is 185 Å². The van der Waals surface area contributed by atoms with Crippen molar-refractivity contribution in [3.63, 3.8) is 0 Å². The van der Waals surface area contributed by atoms with Crippen LogP contribution in [0.2, 0.25) is 0 Å². The highest BCUT2D eigenvalue weighted by molar-refractivity contribution is 6.17. The SMILES string of the molecule is CC1CC=CC=C1C(=N)N=C(Nn1c2ccc(-c3ccccc3)cc2c2cc(-c3ccc4c(c3)c3c(n4-c4ccccc4)CCC(C4C=CC=CC4)=C3)ccc21)c1ccccc1. The topological polar surface area (TPSA) is 58.1 Å². The summed E-state index contributed by atoms with van der Waals surface area (Å²) in [6.07, 6.45) is 21.8. The monoisotopic (exact) mass is 801 g/mol. The first kappa shape index (κ1) is 37.5. The van der Waals surface area contributed by atoms with Crippen molar-refractivity contribution < 1.29 is 0 Å². The zero-order valence-electron chi connectivity index (χ0n) is 34.8. The molecule has 11 rings (SSSR count). The predicted octanol–water partition coefficient (Wildman–Crippen LogP) is 14.0. The van der Waals surface area contributed by atoms with Crippen LogP contribution < -0.4 is 5.43 Å². The van der Waals surface area contributed by atoms with E-state index >= 15 is 0 Å². The second-order valence-electron chi connectivity index (χ2n) is 16.8. The first-order chi connectivity index (χ1) is 30.6. The van der Waals surface area contributed by atoms with Gasteiger partial charge in [0.25, 0.3) is 0 Å². The molecule has 6 aromatic carbocycles. The van der Waals surface area contributed by atoms with Gasteiger partial charge in [-0.25, -0.2) is 4.99 Å². The van der Waals surface area contributed by atoms with Gasteiger partial charge in [-0.2, -0.15) is 0 Å². The Hall–Kier alpha value is -7.50. The number of hydrogen-bond donors (Lipinski definition) is 2. The van der Waals surface area contributed by atoms with Crippen LogP contribution in [0, 0.1) is 17.2 Å². The molecule has 0 radical (unpaired) electrons. The van der Waals surface area contributed by atoms with Crippen molar-refractivity contribution in [2.24, 2.45) is 16.8 Å². The smallest absolute Gasteiger partial charge is 0.154 e. The number of nitrogens with zero attached hydrogens (tertiary/aromatic N) is 3. The number of fused-ring (bicyclic) bond motifs is 6. The molecule has 0 amide bonds. The van der Waals surface area contributed by atoms with Gasteiger partial charge in [0, 0.05) is 44.6 Å². The third-order valence-electron chi connectivity index (χ3n) is 13.0. The molecule has 2 atom stereocenters. The minimum absolute atomic E-state index is 0.225. The van der Waals surface area contributed by atoms with Gasteiger partial charge in [-0.05, 0) is 108 Å². The summed E-state index contributed by atoms with van der Waals surface area (Å²) < 4.78 is 4.64. The molecule has 62 heavy (non-hydrogen) atoms. The summed E-state index contributed by atoms with van der Waals surface area (Å²) in [6, 6.07) is 52.2. The Morgan fingerprint density at radius 2 is 1.26 bits per heavy atom. The zero-order chi connectivity index (χ0) is 41.6. The van der Waals surface area contributed by atoms with Crippen LogP contribution in [0.3, 0.4) is 0 Å². The van der Waals surface area contributed by atoms with Crippen molar-refractivity contribution in [3.8, 4) is 27.9 Å². The number of nitrogens with one attached hydrogen (secondary N) is 2. The second kappa shape index (κ2) is 15.8. The van der Waals surface area contributed by atoms with Crippen LogP contribution in [0.1, 0.15) is 43.0 Å². The molecular formula is C57H47N5. The van der Waals surface area contributed by atoms with Crippen LogP contribution in [-0.4, -0.2) is 20.9 Å². The van der Waals surface area contributed by atoms with E-state index in [1.54, 1.807) is 0 Å². The molecule has 5 nitrogen and oxygen atoms in total. The van der Waals surface area contributed by atoms with Gasteiger partial charge in [-0.3, -0.25) is 15.5 Å². The van der Waals surface area contributed by atoms with Crippen LogP contribution >= 0.6 is 0 Å². The minimum Gasteiger partial charge on any atom is -0.313 e. The molecule has 0 aliphatic heterocycles. The Balaban J connectivity index is 1.07. The number of aromatic nitrogens is 2. The summed E-state index contributed by atoms with van der Waals surface area (Å²) in [5, 5.41) is 12.7. The highest BCUT2D eigenvalue weighted by Crippen LogP contribution is 2.41. The molecular weight excluding hydrogens is 755 g/mol. The van der Waals surface area contributed by atoms with Crippen molar-refractivity contribution in [1.29, 1.82) is 5.41 Å². The van der Waals surface area contributed by atoms with Crippen molar-refractivity contribution >= 4 is 50.5 Å². The predicted molar refractivity (Wildman–Crippen MR) is 261 cm³/mol. The van der Waals surface area contributed by atoms with Gasteiger partial charge < -0.3 is 4.57 Å². The lowest BCUT2D eigenvalue weighted by molar-refractivity contribution is 0.702. The number of benzene rings is 6. The summed E-state index contributed by atoms with van der Waals surface area (Å²) in [4.78, 5) is 5.01. The molecule has 300 valence electrons. The van der Waals surface area contributed by atoms with Crippen molar-refractivity contribution in [1.82, 2.24) is 9.24 Å². The lowest BCUT2D eigenvalue weighted by Gasteiger charge is -2.22. The third-order valence-corrected chi connectivity index (χ3v) is 13.0. The lowest BCUT2D eigenvalue weighted by atomic mass is 9.84. The van der Waals surface area contributed by atoms with Crippen molar-refractivity contribution in [3.05, 3.63) is 216 Å². The Kier molecular flexibility index (Phi) is 9.58. The number of amidine groups is 2. The summed E-state index contributed by atoms with van der Waals surface area (Å²) in [7, 11) is 0. The Labute approximate surface area is 362 Å². The fourth-order valence-electron chi connectivity index (χ4n) is 9.72. The Bertz CT molecular complexity index is 3220. The first-order valence-electron chi connectivity index (χ1n) is 21.8. The molecule has 8 aromatic rings. The van der Waals surface area contributed by atoms with E-state index < -0.39 is 0 Å². The molecule has 2 N–H and O–H groups in total. The Morgan fingerprint density at radius 1 is 0.629 bits per heavy atom. The highest BCUT2D eigenvalue weighted by Gasteiger charge is 2.25. The molecule has 2 unspecified atom stereocenters. The average Bonchev–Trinajstić information content (AvgIpc) is 3.83. The number of rotatable bonds is 7. The largest absolute Gasteiger partial charge is 0.313 e. The molecule has 0 saturated heterocycles. The van der Waals surface area contributed by atoms with Crippen molar-refractivity contribution in [2.75, 3.05) is 5.43 Å². The van der Waals surface area contributed by atoms with E-state index in [1.807, 2.05) is 30.4 Å². The molecule has 0 bridgehead atoms. The fraction of sp³-hybridized carbons (Fsp3) is 0.123. The lowest BCUT2D eigenvalue weighted by Crippen LogP contribution is -2.25. The number of para-hydroxylation sites is 1. The van der Waals surface area contributed by atoms with Crippen LogP contribution in [0.5, 0.6) is 0 Å². The normalized spacial score (nSPS) is 17.3. The summed E-state index contributed by atoms with van der Waals surface area (Å²) in [5.74, 6) is 1.57. The van der Waals surface area contributed by atoms with Gasteiger partial charge in [0.05, 0.1) is 16.6 Å². The number of hydrogen-bond acceptors (Lipinski definition) is 1. The molecule has 2 aromatic heterocycles. The number of aliphatic imine (C=N–C) groups is 1. The zero-order valence-corrected chi connectivity index (χ0v) is 34.8. The standard InChI is InChI=1S/C57H47N5/c1-38-16-14-15-25-47(38)56(58)59-57(41-21-10-4-11-22-41)60-62-54-32-28-43(40-19-8-3-9-20-40)35-50(54)51-37-45(29-33-55(51)62)44-27-31-53-49(36-44)48-34-42(39-17-6-2-7-18-39)26-30-52(48)61(53)46-23-12-5-13-24-46/h2-15,17,19-25,27-29,31-39H,16,18,26,30H2,1H3,(H2,58,59,60). The Morgan fingerprint density at radius 3 is 1.94 bits per heavy atom. The fourth-order valence-corrected chi connectivity index (χ4v) is 9.72. The molecule has 2 heterocycles. The van der Waals surface area contributed by atoms with Crippen LogP contribution in [0.15, 0.2) is 204 Å². The molecule has 5 heteroatoms. The molecule has 0 spiro atoms. The summed E-state index contributed by atoms with van der Waals surface area (Å²) >= 11 is 0. The van der Waals surface area contributed by atoms with Gasteiger partial charge in [0.2, 0.25) is 0 Å². The molecule has 3 aliphatic rings. The van der Waals surface area contributed by atoms with Crippen molar-refractivity contribution in [2.45, 2.75) is 32.6 Å². The van der Waals surface area contributed by atoms with E-state index in [4.69, 9.17) is 4.99 Å². The van der Waals surface area contributed by atoms with E-state index in [0.29, 0.717) is 11.8 Å². The maximum atomic E-state index is 9.17. The maximum Gasteiger partial charge on any atom is 0.154 e. The van der Waals surface area contributed by atoms with E-state index in [0.717, 1.165) is 69.8 Å². The molecule has 0 saturated carbocycles. The molecule has 0 fully saturated rings. The quantitative estimate of drug-likeness (QED) is 0.122. The van der Waals surface area contributed by atoms with E-state index in [9.17, 15) is 5.41 Å². The van der Waals surface area contributed by atoms with Crippen LogP contribution in [0.25, 0.3) is 66.7 Å². The first-order valence-corrected chi connectivity index (χ1v) is 21.8. The van der Waals surface area contributed by atoms with E-state index in [1.165, 1.54) is 44.5 Å². The maximum absolute atomic E-state index is 9.17. The van der Waals surface area contributed by atoms with Crippen LogP contribution in [-0.2, 0) is 6.42 Å².